The van der Waals surface area contributed by atoms with Crippen molar-refractivity contribution in [2.45, 2.75) is 32.7 Å². The molecule has 1 amide bonds. The second-order valence-corrected chi connectivity index (χ2v) is 7.81. The molecule has 3 rings (SSSR count). The molecule has 0 unspecified atom stereocenters. The molecule has 0 fully saturated rings. The van der Waals surface area contributed by atoms with Crippen molar-refractivity contribution in [1.82, 2.24) is 9.88 Å². The maximum atomic E-state index is 14.2. The van der Waals surface area contributed by atoms with Gasteiger partial charge in [0.25, 0.3) is 16.0 Å². The summed E-state index contributed by atoms with van der Waals surface area (Å²) in [6.07, 6.45) is 3.68. The number of nitrogens with zero attached hydrogens (tertiary/aromatic N) is 2. The third-order valence-corrected chi connectivity index (χ3v) is 4.22. The number of nitrogens with two attached hydrogens (primary N) is 1. The molecule has 2 aromatic rings. The second kappa shape index (κ2) is 8.48. The SMILES string of the molecule is CS(=O)(=O)O.Cc1c(F)cc2c3c1cc(C(=O)NC=NN)n3CCCCC2=O. The predicted octanol–water partition coefficient (Wildman–Crippen LogP) is 1.59. The fourth-order valence-corrected chi connectivity index (χ4v) is 3.05. The van der Waals surface area contributed by atoms with Crippen LogP contribution in [-0.2, 0) is 16.7 Å². The average molecular weight is 412 g/mol. The lowest BCUT2D eigenvalue weighted by molar-refractivity contribution is 0.0958. The van der Waals surface area contributed by atoms with Gasteiger partial charge in [0, 0.05) is 23.9 Å². The summed E-state index contributed by atoms with van der Waals surface area (Å²) in [7, 11) is -3.67. The van der Waals surface area contributed by atoms with Crippen LogP contribution in [0.3, 0.4) is 0 Å². The van der Waals surface area contributed by atoms with E-state index < -0.39 is 21.8 Å². The molecule has 1 aliphatic rings. The van der Waals surface area contributed by atoms with E-state index in [2.05, 4.69) is 10.4 Å². The number of aryl methyl sites for hydroxylation is 2. The first-order chi connectivity index (χ1) is 13.0. The molecule has 0 atom stereocenters. The highest BCUT2D eigenvalue weighted by Crippen LogP contribution is 2.31. The number of hydrogen-bond acceptors (Lipinski definition) is 6. The Hall–Kier alpha value is -2.79. The standard InChI is InChI=1S/C16H17FN4O2.CH4O3S/c1-9-10-7-13(16(23)19-8-20-18)21-5-3-2-4-14(22)11(15(10)21)6-12(9)17;1-5(2,3)4/h6-8H,2-5,18H2,1H3,(H,19,20,23);1H3,(H,2,3,4). The Bertz CT molecular complexity index is 1050. The quantitative estimate of drug-likeness (QED) is 0.225. The van der Waals surface area contributed by atoms with E-state index in [1.54, 1.807) is 17.6 Å². The lowest BCUT2D eigenvalue weighted by Gasteiger charge is -2.16. The first-order valence-electron chi connectivity index (χ1n) is 8.35. The summed E-state index contributed by atoms with van der Waals surface area (Å²) in [5.74, 6) is 4.07. The van der Waals surface area contributed by atoms with Gasteiger partial charge in [-0.15, -0.1) is 0 Å². The number of benzene rings is 1. The Morgan fingerprint density at radius 3 is 2.64 bits per heavy atom. The maximum absolute atomic E-state index is 14.2. The third-order valence-electron chi connectivity index (χ3n) is 4.22. The van der Waals surface area contributed by atoms with Crippen LogP contribution in [-0.4, -0.2) is 41.8 Å². The van der Waals surface area contributed by atoms with Crippen molar-refractivity contribution in [3.05, 3.63) is 34.8 Å². The monoisotopic (exact) mass is 412 g/mol. The van der Waals surface area contributed by atoms with E-state index in [4.69, 9.17) is 10.4 Å². The van der Waals surface area contributed by atoms with Gasteiger partial charge in [-0.3, -0.25) is 14.1 Å². The summed E-state index contributed by atoms with van der Waals surface area (Å²) in [5.41, 5.74) is 1.76. The van der Waals surface area contributed by atoms with E-state index in [0.717, 1.165) is 12.8 Å². The summed E-state index contributed by atoms with van der Waals surface area (Å²) in [6, 6.07) is 2.90. The van der Waals surface area contributed by atoms with Crippen LogP contribution < -0.4 is 11.2 Å². The van der Waals surface area contributed by atoms with Crippen molar-refractivity contribution >= 4 is 39.1 Å². The Labute approximate surface area is 161 Å². The molecule has 1 aromatic carbocycles. The van der Waals surface area contributed by atoms with Crippen LogP contribution in [0.5, 0.6) is 0 Å². The molecule has 4 N–H and O–H groups in total. The Balaban J connectivity index is 0.000000500. The first-order valence-corrected chi connectivity index (χ1v) is 10.2. The average Bonchev–Trinajstić information content (AvgIpc) is 2.96. The summed E-state index contributed by atoms with van der Waals surface area (Å²) in [4.78, 5) is 24.6. The van der Waals surface area contributed by atoms with Gasteiger partial charge in [-0.2, -0.15) is 13.5 Å². The molecule has 152 valence electrons. The van der Waals surface area contributed by atoms with E-state index in [1.807, 2.05) is 0 Å². The van der Waals surface area contributed by atoms with Gasteiger partial charge in [0.05, 0.1) is 11.8 Å². The van der Waals surface area contributed by atoms with Crippen LogP contribution in [0.25, 0.3) is 10.9 Å². The topological polar surface area (TPSA) is 144 Å². The van der Waals surface area contributed by atoms with Gasteiger partial charge < -0.3 is 15.7 Å². The first kappa shape index (κ1) is 21.5. The minimum absolute atomic E-state index is 0.0940. The minimum atomic E-state index is -3.67. The zero-order valence-electron chi connectivity index (χ0n) is 15.4. The number of rotatable bonds is 2. The Morgan fingerprint density at radius 1 is 1.39 bits per heavy atom. The van der Waals surface area contributed by atoms with E-state index in [0.29, 0.717) is 53.4 Å². The fraction of sp³-hybridized carbons (Fsp3) is 0.353. The summed E-state index contributed by atoms with van der Waals surface area (Å²) < 4.78 is 41.8. The number of Topliss-reactive ketones (excluding diaryl/α,β-unsaturated/α-hetero) is 1. The van der Waals surface area contributed by atoms with Gasteiger partial charge in [0.1, 0.15) is 17.8 Å². The van der Waals surface area contributed by atoms with Gasteiger partial charge in [-0.1, -0.05) is 0 Å². The fourth-order valence-electron chi connectivity index (χ4n) is 3.05. The highest BCUT2D eigenvalue weighted by Gasteiger charge is 2.24. The van der Waals surface area contributed by atoms with Crippen LogP contribution in [0.4, 0.5) is 4.39 Å². The van der Waals surface area contributed by atoms with Crippen molar-refractivity contribution in [1.29, 1.82) is 0 Å². The highest BCUT2D eigenvalue weighted by atomic mass is 32.2. The summed E-state index contributed by atoms with van der Waals surface area (Å²) in [6.45, 7) is 2.24. The molecule has 1 aliphatic heterocycles. The summed E-state index contributed by atoms with van der Waals surface area (Å²) in [5, 5.41) is 6.28. The maximum Gasteiger partial charge on any atom is 0.273 e. The van der Waals surface area contributed by atoms with Gasteiger partial charge >= 0.3 is 0 Å². The molecule has 2 heterocycles. The zero-order valence-corrected chi connectivity index (χ0v) is 16.2. The molecule has 28 heavy (non-hydrogen) atoms. The number of ketones is 1. The number of nitrogens with one attached hydrogen (secondary N) is 1. The van der Waals surface area contributed by atoms with Crippen LogP contribution in [0, 0.1) is 12.7 Å². The molecule has 0 radical (unpaired) electrons. The van der Waals surface area contributed by atoms with Crippen LogP contribution in [0.2, 0.25) is 0 Å². The molecule has 0 aliphatic carbocycles. The van der Waals surface area contributed by atoms with Gasteiger partial charge in [-0.25, -0.2) is 4.39 Å². The molecule has 1 aromatic heterocycles. The number of hydrogen-bond donors (Lipinski definition) is 3. The predicted molar refractivity (Wildman–Crippen MR) is 102 cm³/mol. The number of carbonyl (C=O) groups is 2. The van der Waals surface area contributed by atoms with E-state index in [1.165, 1.54) is 6.07 Å². The number of hydrazone groups is 1. The molecule has 0 bridgehead atoms. The zero-order chi connectivity index (χ0) is 21.1. The van der Waals surface area contributed by atoms with E-state index in [9.17, 15) is 22.4 Å². The number of carbonyl (C=O) groups excluding carboxylic acids is 2. The molecule has 9 nitrogen and oxygen atoms in total. The van der Waals surface area contributed by atoms with Gasteiger partial charge in [0.15, 0.2) is 5.78 Å². The van der Waals surface area contributed by atoms with E-state index in [-0.39, 0.29) is 5.78 Å². The molecular formula is C17H21FN4O5S. The molecule has 0 saturated heterocycles. The van der Waals surface area contributed by atoms with Crippen molar-refractivity contribution in [3.63, 3.8) is 0 Å². The Morgan fingerprint density at radius 2 is 2.04 bits per heavy atom. The minimum Gasteiger partial charge on any atom is -0.336 e. The lowest BCUT2D eigenvalue weighted by atomic mass is 9.98. The largest absolute Gasteiger partial charge is 0.336 e. The summed E-state index contributed by atoms with van der Waals surface area (Å²) >= 11 is 0. The highest BCUT2D eigenvalue weighted by molar-refractivity contribution is 7.85. The smallest absolute Gasteiger partial charge is 0.273 e. The lowest BCUT2D eigenvalue weighted by Crippen LogP contribution is -2.25. The molecule has 0 spiro atoms. The molecule has 11 heteroatoms. The Kier molecular flexibility index (Phi) is 6.52. The van der Waals surface area contributed by atoms with Gasteiger partial charge in [-0.05, 0) is 37.5 Å². The second-order valence-electron chi connectivity index (χ2n) is 6.34. The molecule has 0 saturated carbocycles. The van der Waals surface area contributed by atoms with E-state index >= 15 is 0 Å². The van der Waals surface area contributed by atoms with Crippen molar-refractivity contribution in [2.24, 2.45) is 10.9 Å². The third kappa shape index (κ3) is 4.93. The van der Waals surface area contributed by atoms with Crippen molar-refractivity contribution in [3.8, 4) is 0 Å². The molecular weight excluding hydrogens is 391 g/mol. The van der Waals surface area contributed by atoms with Crippen molar-refractivity contribution in [2.75, 3.05) is 6.26 Å². The van der Waals surface area contributed by atoms with Crippen LogP contribution in [0.1, 0.15) is 45.7 Å². The van der Waals surface area contributed by atoms with Crippen LogP contribution >= 0.6 is 0 Å². The normalized spacial score (nSPS) is 14.4. The number of amides is 1. The van der Waals surface area contributed by atoms with Crippen molar-refractivity contribution < 1.29 is 27.0 Å². The number of aromatic nitrogens is 1. The van der Waals surface area contributed by atoms with Crippen LogP contribution in [0.15, 0.2) is 17.2 Å². The van der Waals surface area contributed by atoms with Gasteiger partial charge in [0.2, 0.25) is 0 Å². The number of halogens is 1.